The minimum absolute atomic E-state index is 0.139. The van der Waals surface area contributed by atoms with E-state index in [1.807, 2.05) is 0 Å². The molecule has 0 aliphatic carbocycles. The first-order chi connectivity index (χ1) is 4.63. The molecule has 0 aromatic carbocycles. The van der Waals surface area contributed by atoms with Gasteiger partial charge in [-0.05, 0) is 0 Å². The van der Waals surface area contributed by atoms with Crippen molar-refractivity contribution in [3.8, 4) is 0 Å². The lowest BCUT2D eigenvalue weighted by Gasteiger charge is -2.16. The van der Waals surface area contributed by atoms with E-state index in [2.05, 4.69) is 4.40 Å². The maximum absolute atomic E-state index is 10.6. The Labute approximate surface area is 67.6 Å². The Morgan fingerprint density at radius 2 is 1.73 bits per heavy atom. The molecule has 0 heterocycles. The van der Waals surface area contributed by atoms with Crippen molar-refractivity contribution < 1.29 is 8.42 Å². The summed E-state index contributed by atoms with van der Waals surface area (Å²) in [7, 11) is -3.34. The van der Waals surface area contributed by atoms with Crippen LogP contribution in [0.1, 0.15) is 20.8 Å². The fourth-order valence-corrected chi connectivity index (χ4v) is 0.947. The summed E-state index contributed by atoms with van der Waals surface area (Å²) in [6.45, 7) is 5.41. The normalized spacial score (nSPS) is 15.1. The van der Waals surface area contributed by atoms with Crippen LogP contribution in [0.25, 0.3) is 0 Å². The largest absolute Gasteiger partial charge is 0.386 e. The van der Waals surface area contributed by atoms with Gasteiger partial charge in [-0.15, -0.1) is 0 Å². The van der Waals surface area contributed by atoms with E-state index in [0.29, 0.717) is 0 Å². The van der Waals surface area contributed by atoms with Gasteiger partial charge >= 0.3 is 0 Å². The zero-order chi connectivity index (χ0) is 9.28. The zero-order valence-corrected chi connectivity index (χ0v) is 8.07. The Balaban J connectivity index is 4.78. The lowest BCUT2D eigenvalue weighted by Crippen LogP contribution is -2.29. The molecule has 0 saturated heterocycles. The van der Waals surface area contributed by atoms with Gasteiger partial charge in [-0.2, -0.15) is 4.40 Å². The predicted molar refractivity (Wildman–Crippen MR) is 45.9 cm³/mol. The van der Waals surface area contributed by atoms with E-state index in [1.165, 1.54) is 0 Å². The molecule has 66 valence electrons. The van der Waals surface area contributed by atoms with Crippen LogP contribution >= 0.6 is 0 Å². The number of hydrogen-bond acceptors (Lipinski definition) is 2. The Bertz CT molecular complexity index is 259. The van der Waals surface area contributed by atoms with Gasteiger partial charge in [-0.3, -0.25) is 0 Å². The van der Waals surface area contributed by atoms with Gasteiger partial charge in [-0.25, -0.2) is 8.42 Å². The lowest BCUT2D eigenvalue weighted by molar-refractivity contribution is 0.579. The number of nitrogens with two attached hydrogens (primary N) is 1. The fraction of sp³-hybridized carbons (Fsp3) is 0.833. The number of nitrogens with zero attached hydrogens (tertiary/aromatic N) is 1. The molecule has 0 saturated carbocycles. The average molecular weight is 178 g/mol. The van der Waals surface area contributed by atoms with Crippen LogP contribution in [0.3, 0.4) is 0 Å². The molecule has 2 N–H and O–H groups in total. The van der Waals surface area contributed by atoms with Crippen molar-refractivity contribution in [2.24, 2.45) is 15.5 Å². The molecule has 4 nitrogen and oxygen atoms in total. The molecule has 0 amide bonds. The van der Waals surface area contributed by atoms with E-state index in [1.54, 1.807) is 20.8 Å². The summed E-state index contributed by atoms with van der Waals surface area (Å²) in [4.78, 5) is 0. The quantitative estimate of drug-likeness (QED) is 0.465. The smallest absolute Gasteiger partial charge is 0.251 e. The van der Waals surface area contributed by atoms with Gasteiger partial charge in [-0.1, -0.05) is 20.8 Å². The molecule has 0 radical (unpaired) electrons. The first-order valence-electron chi connectivity index (χ1n) is 3.19. The molecule has 11 heavy (non-hydrogen) atoms. The first kappa shape index (κ1) is 10.4. The Hall–Kier alpha value is -0.580. The Kier molecular flexibility index (Phi) is 2.66. The highest BCUT2D eigenvalue weighted by Gasteiger charge is 2.17. The van der Waals surface area contributed by atoms with E-state index in [9.17, 15) is 8.42 Å². The zero-order valence-electron chi connectivity index (χ0n) is 7.25. The van der Waals surface area contributed by atoms with Crippen LogP contribution in [0.2, 0.25) is 0 Å². The molecule has 0 fully saturated rings. The molecular weight excluding hydrogens is 164 g/mol. The van der Waals surface area contributed by atoms with Crippen LogP contribution in [0.5, 0.6) is 0 Å². The molecule has 0 bridgehead atoms. The topological polar surface area (TPSA) is 72.5 Å². The average Bonchev–Trinajstić information content (AvgIpc) is 1.56. The van der Waals surface area contributed by atoms with Gasteiger partial charge in [0.2, 0.25) is 0 Å². The number of hydrogen-bond donors (Lipinski definition) is 1. The van der Waals surface area contributed by atoms with E-state index in [4.69, 9.17) is 5.73 Å². The van der Waals surface area contributed by atoms with Crippen LogP contribution in [0, 0.1) is 5.41 Å². The van der Waals surface area contributed by atoms with Gasteiger partial charge in [0.05, 0.1) is 6.26 Å². The number of amidine groups is 1. The maximum Gasteiger partial charge on any atom is 0.251 e. The van der Waals surface area contributed by atoms with Gasteiger partial charge in [0.1, 0.15) is 5.84 Å². The monoisotopic (exact) mass is 178 g/mol. The summed E-state index contributed by atoms with van der Waals surface area (Å²) in [6.07, 6.45) is 1.02. The third kappa shape index (κ3) is 4.78. The first-order valence-corrected chi connectivity index (χ1v) is 5.03. The third-order valence-corrected chi connectivity index (χ3v) is 1.56. The summed E-state index contributed by atoms with van der Waals surface area (Å²) in [6, 6.07) is 0. The standard InChI is InChI=1S/C6H14N2O2S/c1-6(2,3)5(7)8-11(4,9)10/h1-4H3,(H2,7,8). The van der Waals surface area contributed by atoms with Crippen molar-refractivity contribution in [1.29, 1.82) is 0 Å². The Morgan fingerprint density at radius 1 is 1.36 bits per heavy atom. The minimum Gasteiger partial charge on any atom is -0.386 e. The SMILES string of the molecule is CC(C)(C)/C(N)=N/S(C)(=O)=O. The minimum atomic E-state index is -3.34. The molecular formula is C6H14N2O2S. The summed E-state index contributed by atoms with van der Waals surface area (Å²) >= 11 is 0. The van der Waals surface area contributed by atoms with E-state index in [-0.39, 0.29) is 11.3 Å². The van der Waals surface area contributed by atoms with Crippen LogP contribution in [0.15, 0.2) is 4.40 Å². The van der Waals surface area contributed by atoms with Crippen molar-refractivity contribution in [2.75, 3.05) is 6.26 Å². The molecule has 0 aromatic rings. The second-order valence-electron chi connectivity index (χ2n) is 3.46. The van der Waals surface area contributed by atoms with Crippen molar-refractivity contribution in [1.82, 2.24) is 0 Å². The Morgan fingerprint density at radius 3 is 1.82 bits per heavy atom. The summed E-state index contributed by atoms with van der Waals surface area (Å²) < 4.78 is 24.6. The third-order valence-electron chi connectivity index (χ3n) is 1.03. The second-order valence-corrected chi connectivity index (χ2v) is 5.11. The van der Waals surface area contributed by atoms with Crippen molar-refractivity contribution in [3.05, 3.63) is 0 Å². The predicted octanol–water partition coefficient (Wildman–Crippen LogP) is 0.349. The van der Waals surface area contributed by atoms with Crippen molar-refractivity contribution >= 4 is 15.9 Å². The van der Waals surface area contributed by atoms with Gasteiger partial charge in [0.25, 0.3) is 10.0 Å². The summed E-state index contributed by atoms with van der Waals surface area (Å²) in [5.41, 5.74) is 5.02. The van der Waals surface area contributed by atoms with Crippen LogP contribution in [-0.2, 0) is 10.0 Å². The number of sulfonamides is 1. The van der Waals surface area contributed by atoms with E-state index in [0.717, 1.165) is 6.26 Å². The summed E-state index contributed by atoms with van der Waals surface area (Å²) in [5, 5.41) is 0. The van der Waals surface area contributed by atoms with Crippen molar-refractivity contribution in [3.63, 3.8) is 0 Å². The van der Waals surface area contributed by atoms with Gasteiger partial charge < -0.3 is 5.73 Å². The highest BCUT2D eigenvalue weighted by molar-refractivity contribution is 7.89. The molecule has 0 atom stereocenters. The molecule has 0 spiro atoms. The molecule has 0 rings (SSSR count). The highest BCUT2D eigenvalue weighted by Crippen LogP contribution is 2.13. The van der Waals surface area contributed by atoms with Gasteiger partial charge in [0, 0.05) is 5.41 Å². The maximum atomic E-state index is 10.6. The van der Waals surface area contributed by atoms with Crippen molar-refractivity contribution in [2.45, 2.75) is 20.8 Å². The lowest BCUT2D eigenvalue weighted by atomic mass is 9.96. The molecule has 0 aliphatic rings. The molecule has 0 aliphatic heterocycles. The highest BCUT2D eigenvalue weighted by atomic mass is 32.2. The second kappa shape index (κ2) is 2.81. The van der Waals surface area contributed by atoms with Crippen LogP contribution < -0.4 is 5.73 Å². The van der Waals surface area contributed by atoms with E-state index >= 15 is 0 Å². The summed E-state index contributed by atoms with van der Waals surface area (Å²) in [5.74, 6) is 0.139. The number of rotatable bonds is 1. The molecule has 5 heteroatoms. The van der Waals surface area contributed by atoms with Crippen LogP contribution in [-0.4, -0.2) is 20.5 Å². The van der Waals surface area contributed by atoms with E-state index < -0.39 is 10.0 Å². The molecule has 0 aromatic heterocycles. The molecule has 0 unspecified atom stereocenters. The fourth-order valence-electron chi connectivity index (χ4n) is 0.316. The van der Waals surface area contributed by atoms with Gasteiger partial charge in [0.15, 0.2) is 0 Å². The van der Waals surface area contributed by atoms with Crippen LogP contribution in [0.4, 0.5) is 0 Å².